The Morgan fingerprint density at radius 1 is 1.32 bits per heavy atom. The number of aliphatic hydroxyl groups is 1. The van der Waals surface area contributed by atoms with Crippen molar-refractivity contribution in [3.63, 3.8) is 0 Å². The Morgan fingerprint density at radius 2 is 2.09 bits per heavy atom. The number of hydrogen-bond donors (Lipinski definition) is 2. The number of halogens is 1. The number of aromatic nitrogens is 1. The zero-order chi connectivity index (χ0) is 16.2. The third-order valence-corrected chi connectivity index (χ3v) is 3.87. The van der Waals surface area contributed by atoms with Gasteiger partial charge in [-0.3, -0.25) is 4.79 Å². The van der Waals surface area contributed by atoms with Crippen LogP contribution in [0.25, 0.3) is 10.9 Å². The standard InChI is InChI=1S/C17H21ClN2O2/c1-17(2,11-21)8-3-9-19-16(22)13-4-6-14-12(10-13)5-7-15(18)20-14/h4-7,10,21H,3,8-9,11H2,1-2H3,(H,19,22). The van der Waals surface area contributed by atoms with Crippen LogP contribution in [0.5, 0.6) is 0 Å². The summed E-state index contributed by atoms with van der Waals surface area (Å²) < 4.78 is 0. The fourth-order valence-corrected chi connectivity index (χ4v) is 2.35. The Balaban J connectivity index is 1.94. The first-order chi connectivity index (χ1) is 10.4. The van der Waals surface area contributed by atoms with Gasteiger partial charge in [-0.25, -0.2) is 4.98 Å². The Labute approximate surface area is 135 Å². The molecule has 0 saturated heterocycles. The van der Waals surface area contributed by atoms with Crippen molar-refractivity contribution >= 4 is 28.4 Å². The topological polar surface area (TPSA) is 62.2 Å². The van der Waals surface area contributed by atoms with Gasteiger partial charge in [-0.05, 0) is 48.6 Å². The Bertz CT molecular complexity index is 671. The second kappa shape index (κ2) is 7.07. The largest absolute Gasteiger partial charge is 0.396 e. The highest BCUT2D eigenvalue weighted by atomic mass is 35.5. The molecule has 0 fully saturated rings. The van der Waals surface area contributed by atoms with Crippen LogP contribution in [0.4, 0.5) is 0 Å². The summed E-state index contributed by atoms with van der Waals surface area (Å²) in [6.07, 6.45) is 1.70. The molecule has 0 aliphatic heterocycles. The Hall–Kier alpha value is -1.65. The number of carbonyl (C=O) groups is 1. The molecule has 5 heteroatoms. The molecule has 22 heavy (non-hydrogen) atoms. The second-order valence-corrected chi connectivity index (χ2v) is 6.61. The maximum atomic E-state index is 12.1. The van der Waals surface area contributed by atoms with Gasteiger partial charge in [0.1, 0.15) is 5.15 Å². The van der Waals surface area contributed by atoms with Crippen LogP contribution in [0, 0.1) is 5.41 Å². The molecule has 4 nitrogen and oxygen atoms in total. The molecule has 1 aromatic carbocycles. The molecular formula is C17H21ClN2O2. The first-order valence-corrected chi connectivity index (χ1v) is 7.74. The molecule has 0 spiro atoms. The number of hydrogen-bond acceptors (Lipinski definition) is 3. The average Bonchev–Trinajstić information content (AvgIpc) is 2.50. The minimum Gasteiger partial charge on any atom is -0.396 e. The SMILES string of the molecule is CC(C)(CO)CCCNC(=O)c1ccc2nc(Cl)ccc2c1. The highest BCUT2D eigenvalue weighted by Crippen LogP contribution is 2.20. The molecule has 2 rings (SSSR count). The molecule has 2 N–H and O–H groups in total. The van der Waals surface area contributed by atoms with Crippen molar-refractivity contribution in [2.45, 2.75) is 26.7 Å². The maximum Gasteiger partial charge on any atom is 0.251 e. The molecule has 1 heterocycles. The van der Waals surface area contributed by atoms with E-state index < -0.39 is 0 Å². The average molecular weight is 321 g/mol. The molecule has 2 aromatic rings. The Morgan fingerprint density at radius 3 is 2.82 bits per heavy atom. The minimum atomic E-state index is -0.0986. The van der Waals surface area contributed by atoms with Gasteiger partial charge in [-0.1, -0.05) is 25.4 Å². The van der Waals surface area contributed by atoms with Crippen LogP contribution in [0.15, 0.2) is 30.3 Å². The van der Waals surface area contributed by atoms with Gasteiger partial charge in [0.05, 0.1) is 5.52 Å². The van der Waals surface area contributed by atoms with Crippen molar-refractivity contribution in [1.29, 1.82) is 0 Å². The van der Waals surface area contributed by atoms with Gasteiger partial charge in [-0.15, -0.1) is 0 Å². The van der Waals surface area contributed by atoms with E-state index in [0.29, 0.717) is 17.3 Å². The van der Waals surface area contributed by atoms with E-state index >= 15 is 0 Å². The molecule has 1 aromatic heterocycles. The zero-order valence-corrected chi connectivity index (χ0v) is 13.7. The molecule has 0 unspecified atom stereocenters. The molecule has 0 atom stereocenters. The van der Waals surface area contributed by atoms with E-state index in [4.69, 9.17) is 11.6 Å². The van der Waals surface area contributed by atoms with Crippen LogP contribution in [0.1, 0.15) is 37.0 Å². The van der Waals surface area contributed by atoms with Crippen molar-refractivity contribution in [1.82, 2.24) is 10.3 Å². The third-order valence-electron chi connectivity index (χ3n) is 3.66. The monoisotopic (exact) mass is 320 g/mol. The predicted octanol–water partition coefficient (Wildman–Crippen LogP) is 3.42. The van der Waals surface area contributed by atoms with Crippen LogP contribution in [-0.4, -0.2) is 29.1 Å². The number of amides is 1. The fraction of sp³-hybridized carbons (Fsp3) is 0.412. The quantitative estimate of drug-likeness (QED) is 0.633. The van der Waals surface area contributed by atoms with Crippen molar-refractivity contribution < 1.29 is 9.90 Å². The van der Waals surface area contributed by atoms with Crippen LogP contribution in [-0.2, 0) is 0 Å². The number of pyridine rings is 1. The van der Waals surface area contributed by atoms with E-state index in [1.165, 1.54) is 0 Å². The summed E-state index contributed by atoms with van der Waals surface area (Å²) in [5, 5.41) is 13.4. The van der Waals surface area contributed by atoms with Gasteiger partial charge in [0.2, 0.25) is 0 Å². The van der Waals surface area contributed by atoms with Gasteiger partial charge < -0.3 is 10.4 Å². The Kier molecular flexibility index (Phi) is 5.37. The maximum absolute atomic E-state index is 12.1. The van der Waals surface area contributed by atoms with E-state index in [9.17, 15) is 9.90 Å². The molecule has 118 valence electrons. The lowest BCUT2D eigenvalue weighted by Crippen LogP contribution is -2.26. The summed E-state index contributed by atoms with van der Waals surface area (Å²) in [7, 11) is 0. The highest BCUT2D eigenvalue weighted by Gasteiger charge is 2.15. The third kappa shape index (κ3) is 4.42. The number of rotatable bonds is 6. The first kappa shape index (κ1) is 16.7. The zero-order valence-electron chi connectivity index (χ0n) is 12.9. The summed E-state index contributed by atoms with van der Waals surface area (Å²) in [5.41, 5.74) is 1.28. The summed E-state index contributed by atoms with van der Waals surface area (Å²) >= 11 is 5.85. The normalized spacial score (nSPS) is 11.6. The van der Waals surface area contributed by atoms with Crippen molar-refractivity contribution in [2.24, 2.45) is 5.41 Å². The highest BCUT2D eigenvalue weighted by molar-refractivity contribution is 6.29. The van der Waals surface area contributed by atoms with Crippen molar-refractivity contribution in [3.05, 3.63) is 41.0 Å². The predicted molar refractivity (Wildman–Crippen MR) is 89.2 cm³/mol. The van der Waals surface area contributed by atoms with Crippen LogP contribution in [0.2, 0.25) is 5.15 Å². The van der Waals surface area contributed by atoms with Gasteiger partial charge in [0.25, 0.3) is 5.91 Å². The van der Waals surface area contributed by atoms with Crippen molar-refractivity contribution in [3.8, 4) is 0 Å². The lowest BCUT2D eigenvalue weighted by molar-refractivity contribution is 0.0948. The lowest BCUT2D eigenvalue weighted by Gasteiger charge is -2.21. The molecule has 0 aliphatic carbocycles. The molecule has 0 saturated carbocycles. The minimum absolute atomic E-state index is 0.0985. The van der Waals surface area contributed by atoms with Crippen LogP contribution >= 0.6 is 11.6 Å². The van der Waals surface area contributed by atoms with E-state index in [-0.39, 0.29) is 17.9 Å². The number of nitrogens with one attached hydrogen (secondary N) is 1. The number of nitrogens with zero attached hydrogens (tertiary/aromatic N) is 1. The number of fused-ring (bicyclic) bond motifs is 1. The first-order valence-electron chi connectivity index (χ1n) is 7.37. The number of benzene rings is 1. The molecule has 0 bridgehead atoms. The van der Waals surface area contributed by atoms with E-state index in [1.54, 1.807) is 18.2 Å². The van der Waals surface area contributed by atoms with Crippen LogP contribution < -0.4 is 5.32 Å². The van der Waals surface area contributed by atoms with E-state index in [2.05, 4.69) is 10.3 Å². The number of aliphatic hydroxyl groups excluding tert-OH is 1. The van der Waals surface area contributed by atoms with Crippen LogP contribution in [0.3, 0.4) is 0 Å². The van der Waals surface area contributed by atoms with Gasteiger partial charge in [0.15, 0.2) is 0 Å². The second-order valence-electron chi connectivity index (χ2n) is 6.22. The van der Waals surface area contributed by atoms with Crippen molar-refractivity contribution in [2.75, 3.05) is 13.2 Å². The molecule has 0 radical (unpaired) electrons. The smallest absolute Gasteiger partial charge is 0.251 e. The van der Waals surface area contributed by atoms with E-state index in [1.807, 2.05) is 26.0 Å². The molecular weight excluding hydrogens is 300 g/mol. The fourth-order valence-electron chi connectivity index (χ4n) is 2.19. The van der Waals surface area contributed by atoms with Gasteiger partial charge in [0, 0.05) is 24.1 Å². The van der Waals surface area contributed by atoms with E-state index in [0.717, 1.165) is 23.7 Å². The summed E-state index contributed by atoms with van der Waals surface area (Å²) in [6, 6.07) is 8.92. The molecule has 1 amide bonds. The summed E-state index contributed by atoms with van der Waals surface area (Å²) in [4.78, 5) is 16.3. The summed E-state index contributed by atoms with van der Waals surface area (Å²) in [6.45, 7) is 4.77. The molecule has 0 aliphatic rings. The summed E-state index contributed by atoms with van der Waals surface area (Å²) in [5.74, 6) is -0.0985. The van der Waals surface area contributed by atoms with Gasteiger partial charge in [-0.2, -0.15) is 0 Å². The number of carbonyl (C=O) groups excluding carboxylic acids is 1. The van der Waals surface area contributed by atoms with Gasteiger partial charge >= 0.3 is 0 Å². The lowest BCUT2D eigenvalue weighted by atomic mass is 9.89.